The molecule has 1 heterocycles. The summed E-state index contributed by atoms with van der Waals surface area (Å²) in [5, 5.41) is 8.89. The Bertz CT molecular complexity index is 444. The molecule has 3 N–H and O–H groups in total. The summed E-state index contributed by atoms with van der Waals surface area (Å²) in [4.78, 5) is 14.5. The Morgan fingerprint density at radius 1 is 1.25 bits per heavy atom. The van der Waals surface area contributed by atoms with Crippen LogP contribution in [0.3, 0.4) is 0 Å². The van der Waals surface area contributed by atoms with Crippen molar-refractivity contribution in [2.24, 2.45) is 5.73 Å². The van der Waals surface area contributed by atoms with Gasteiger partial charge in [-0.2, -0.15) is 0 Å². The molecular formula is C14H20FN3O2. The molecule has 1 atom stereocenters. The van der Waals surface area contributed by atoms with Crippen molar-refractivity contribution in [1.29, 1.82) is 0 Å². The largest absolute Gasteiger partial charge is 0.465 e. The molecule has 110 valence electrons. The Morgan fingerprint density at radius 2 is 1.85 bits per heavy atom. The first-order valence-electron chi connectivity index (χ1n) is 6.70. The van der Waals surface area contributed by atoms with Gasteiger partial charge in [0.25, 0.3) is 0 Å². The fourth-order valence-electron chi connectivity index (χ4n) is 2.31. The minimum absolute atomic E-state index is 0.542. The molecule has 0 bridgehead atoms. The van der Waals surface area contributed by atoms with Crippen molar-refractivity contribution in [2.45, 2.75) is 12.6 Å². The highest BCUT2D eigenvalue weighted by Crippen LogP contribution is 2.14. The van der Waals surface area contributed by atoms with E-state index in [1.165, 1.54) is 4.90 Å². The third-order valence-corrected chi connectivity index (χ3v) is 3.62. The Labute approximate surface area is 117 Å². The number of piperazine rings is 1. The van der Waals surface area contributed by atoms with Gasteiger partial charge in [-0.05, 0) is 11.1 Å². The lowest BCUT2D eigenvalue weighted by atomic mass is 10.1. The third-order valence-electron chi connectivity index (χ3n) is 3.62. The first-order valence-corrected chi connectivity index (χ1v) is 6.70. The van der Waals surface area contributed by atoms with Crippen LogP contribution in [0.2, 0.25) is 0 Å². The van der Waals surface area contributed by atoms with Gasteiger partial charge in [0.2, 0.25) is 0 Å². The molecule has 20 heavy (non-hydrogen) atoms. The third kappa shape index (κ3) is 3.68. The minimum atomic E-state index is -0.853. The summed E-state index contributed by atoms with van der Waals surface area (Å²) < 4.78 is 12.5. The number of carbonyl (C=O) groups is 1. The number of rotatable bonds is 4. The predicted octanol–water partition coefficient (Wildman–Crippen LogP) is 1.45. The lowest BCUT2D eigenvalue weighted by molar-refractivity contribution is 0.103. The van der Waals surface area contributed by atoms with E-state index in [0.29, 0.717) is 13.1 Å². The van der Waals surface area contributed by atoms with E-state index in [1.807, 2.05) is 24.3 Å². The summed E-state index contributed by atoms with van der Waals surface area (Å²) in [6, 6.07) is 7.06. The Kier molecular flexibility index (Phi) is 4.92. The van der Waals surface area contributed by atoms with Crippen molar-refractivity contribution in [1.82, 2.24) is 9.80 Å². The molecular weight excluding hydrogens is 261 g/mol. The van der Waals surface area contributed by atoms with Crippen LogP contribution in [-0.2, 0) is 6.54 Å². The maximum atomic E-state index is 12.5. The zero-order valence-corrected chi connectivity index (χ0v) is 11.3. The van der Waals surface area contributed by atoms with Gasteiger partial charge in [-0.25, -0.2) is 9.18 Å². The Hall–Kier alpha value is -1.66. The van der Waals surface area contributed by atoms with Crippen LogP contribution >= 0.6 is 0 Å². The highest BCUT2D eigenvalue weighted by atomic mass is 19.1. The van der Waals surface area contributed by atoms with Crippen LogP contribution in [0.5, 0.6) is 0 Å². The molecule has 0 radical (unpaired) electrons. The molecule has 1 aliphatic heterocycles. The first kappa shape index (κ1) is 14.7. The second-order valence-corrected chi connectivity index (χ2v) is 5.05. The van der Waals surface area contributed by atoms with Crippen molar-refractivity contribution in [3.63, 3.8) is 0 Å². The quantitative estimate of drug-likeness (QED) is 0.876. The lowest BCUT2D eigenvalue weighted by Gasteiger charge is -2.33. The van der Waals surface area contributed by atoms with Crippen LogP contribution in [0, 0.1) is 0 Å². The van der Waals surface area contributed by atoms with E-state index in [2.05, 4.69) is 4.90 Å². The van der Waals surface area contributed by atoms with Crippen molar-refractivity contribution in [3.8, 4) is 0 Å². The van der Waals surface area contributed by atoms with Gasteiger partial charge in [0.05, 0.1) is 6.04 Å². The molecule has 1 aromatic rings. The van der Waals surface area contributed by atoms with Gasteiger partial charge >= 0.3 is 6.09 Å². The average Bonchev–Trinajstić information content (AvgIpc) is 2.48. The molecule has 6 heteroatoms. The van der Waals surface area contributed by atoms with E-state index in [0.717, 1.165) is 30.8 Å². The van der Waals surface area contributed by atoms with E-state index in [4.69, 9.17) is 10.8 Å². The smallest absolute Gasteiger partial charge is 0.407 e. The summed E-state index contributed by atoms with van der Waals surface area (Å²) in [6.45, 7) is 2.77. The molecule has 2 rings (SSSR count). The average molecular weight is 281 g/mol. The van der Waals surface area contributed by atoms with Crippen LogP contribution in [0.1, 0.15) is 17.2 Å². The minimum Gasteiger partial charge on any atom is -0.465 e. The number of amides is 1. The van der Waals surface area contributed by atoms with Gasteiger partial charge in [-0.1, -0.05) is 24.3 Å². The summed E-state index contributed by atoms with van der Waals surface area (Å²) >= 11 is 0. The number of benzene rings is 1. The maximum Gasteiger partial charge on any atom is 0.407 e. The molecule has 0 aromatic heterocycles. The molecule has 1 fully saturated rings. The first-order chi connectivity index (χ1) is 9.60. The zero-order chi connectivity index (χ0) is 14.5. The SMILES string of the molecule is NC(CF)c1ccc(CN2CCN(C(=O)O)CC2)cc1. The number of hydrogen-bond donors (Lipinski definition) is 2. The van der Waals surface area contributed by atoms with E-state index in [1.54, 1.807) is 0 Å². The van der Waals surface area contributed by atoms with Gasteiger partial charge in [0.15, 0.2) is 0 Å². The molecule has 1 unspecified atom stereocenters. The Morgan fingerprint density at radius 3 is 2.35 bits per heavy atom. The predicted molar refractivity (Wildman–Crippen MR) is 74.2 cm³/mol. The monoisotopic (exact) mass is 281 g/mol. The molecule has 0 spiro atoms. The fraction of sp³-hybridized carbons (Fsp3) is 0.500. The fourth-order valence-corrected chi connectivity index (χ4v) is 2.31. The molecule has 1 saturated heterocycles. The van der Waals surface area contributed by atoms with Gasteiger partial charge in [-0.3, -0.25) is 4.90 Å². The summed E-state index contributed by atoms with van der Waals surface area (Å²) in [6.07, 6.45) is -0.853. The van der Waals surface area contributed by atoms with E-state index in [9.17, 15) is 9.18 Å². The zero-order valence-electron chi connectivity index (χ0n) is 11.3. The molecule has 5 nitrogen and oxygen atoms in total. The van der Waals surface area contributed by atoms with Gasteiger partial charge in [0.1, 0.15) is 6.67 Å². The molecule has 1 aromatic carbocycles. The van der Waals surface area contributed by atoms with Crippen molar-refractivity contribution >= 4 is 6.09 Å². The maximum absolute atomic E-state index is 12.5. The number of hydrogen-bond acceptors (Lipinski definition) is 3. The van der Waals surface area contributed by atoms with Crippen molar-refractivity contribution in [3.05, 3.63) is 35.4 Å². The summed E-state index contributed by atoms with van der Waals surface area (Å²) in [7, 11) is 0. The van der Waals surface area contributed by atoms with Gasteiger partial charge in [-0.15, -0.1) is 0 Å². The highest BCUT2D eigenvalue weighted by molar-refractivity contribution is 5.65. The number of nitrogens with zero attached hydrogens (tertiary/aromatic N) is 2. The number of halogens is 1. The molecule has 1 aliphatic rings. The van der Waals surface area contributed by atoms with Gasteiger partial charge in [0, 0.05) is 32.7 Å². The van der Waals surface area contributed by atoms with E-state index < -0.39 is 18.8 Å². The van der Waals surface area contributed by atoms with Crippen LogP contribution in [0.4, 0.5) is 9.18 Å². The second-order valence-electron chi connectivity index (χ2n) is 5.05. The molecule has 0 aliphatic carbocycles. The van der Waals surface area contributed by atoms with Crippen LogP contribution in [0.15, 0.2) is 24.3 Å². The molecule has 0 saturated carbocycles. The van der Waals surface area contributed by atoms with E-state index in [-0.39, 0.29) is 0 Å². The van der Waals surface area contributed by atoms with Crippen molar-refractivity contribution in [2.75, 3.05) is 32.9 Å². The van der Waals surface area contributed by atoms with Crippen LogP contribution in [-0.4, -0.2) is 53.9 Å². The van der Waals surface area contributed by atoms with Crippen LogP contribution in [0.25, 0.3) is 0 Å². The summed E-state index contributed by atoms with van der Waals surface area (Å²) in [5.41, 5.74) is 7.55. The topological polar surface area (TPSA) is 69.8 Å². The second kappa shape index (κ2) is 6.67. The van der Waals surface area contributed by atoms with Gasteiger partial charge < -0.3 is 15.7 Å². The van der Waals surface area contributed by atoms with Crippen LogP contribution < -0.4 is 5.73 Å². The standard InChI is InChI=1S/C14H20FN3O2/c15-9-13(16)12-3-1-11(2-4-12)10-17-5-7-18(8-6-17)14(19)20/h1-4,13H,5-10,16H2,(H,19,20). The normalized spacial score (nSPS) is 18.0. The Balaban J connectivity index is 1.87. The number of alkyl halides is 1. The van der Waals surface area contributed by atoms with Crippen molar-refractivity contribution < 1.29 is 14.3 Å². The summed E-state index contributed by atoms with van der Waals surface area (Å²) in [5.74, 6) is 0. The number of carboxylic acid groups (broad SMARTS) is 1. The highest BCUT2D eigenvalue weighted by Gasteiger charge is 2.20. The van der Waals surface area contributed by atoms with E-state index >= 15 is 0 Å². The lowest BCUT2D eigenvalue weighted by Crippen LogP contribution is -2.47. The number of nitrogens with two attached hydrogens (primary N) is 1. The molecule has 1 amide bonds.